The van der Waals surface area contributed by atoms with Crippen LogP contribution in [0, 0.1) is 11.3 Å². The maximum atomic E-state index is 13.1. The fraction of sp³-hybridized carbons (Fsp3) is 0.774. The van der Waals surface area contributed by atoms with E-state index in [4.69, 9.17) is 4.74 Å². The molecule has 0 saturated carbocycles. The predicted molar refractivity (Wildman–Crippen MR) is 150 cm³/mol. The summed E-state index contributed by atoms with van der Waals surface area (Å²) in [6, 6.07) is 7.87. The number of nitrogens with zero attached hydrogens (tertiary/aromatic N) is 4. The van der Waals surface area contributed by atoms with Gasteiger partial charge in [-0.25, -0.2) is 0 Å². The van der Waals surface area contributed by atoms with Crippen molar-refractivity contribution in [2.45, 2.75) is 84.4 Å². The lowest BCUT2D eigenvalue weighted by Gasteiger charge is -2.64. The van der Waals surface area contributed by atoms with Gasteiger partial charge in [0, 0.05) is 81.0 Å². The van der Waals surface area contributed by atoms with Crippen molar-refractivity contribution < 1.29 is 9.53 Å². The zero-order valence-corrected chi connectivity index (χ0v) is 24.3. The van der Waals surface area contributed by atoms with Crippen molar-refractivity contribution in [3.8, 4) is 5.75 Å². The molecule has 6 heteroatoms. The van der Waals surface area contributed by atoms with Crippen LogP contribution in [-0.4, -0.2) is 102 Å². The topological polar surface area (TPSA) is 39.3 Å². The summed E-state index contributed by atoms with van der Waals surface area (Å²) in [6.45, 7) is 24.0. The van der Waals surface area contributed by atoms with Gasteiger partial charge < -0.3 is 14.5 Å². The highest BCUT2D eigenvalue weighted by atomic mass is 16.5. The van der Waals surface area contributed by atoms with Gasteiger partial charge in [-0.15, -0.1) is 0 Å². The molecule has 1 aromatic rings. The van der Waals surface area contributed by atoms with Gasteiger partial charge in [0.05, 0.1) is 0 Å². The quantitative estimate of drug-likeness (QED) is 0.579. The lowest BCUT2D eigenvalue weighted by Crippen LogP contribution is -2.75. The van der Waals surface area contributed by atoms with Crippen molar-refractivity contribution >= 4 is 5.91 Å². The molecule has 0 unspecified atom stereocenters. The molecule has 0 atom stereocenters. The molecule has 4 heterocycles. The minimum Gasteiger partial charge on any atom is -0.490 e. The van der Waals surface area contributed by atoms with Gasteiger partial charge in [0.25, 0.3) is 5.91 Å². The highest BCUT2D eigenvalue weighted by molar-refractivity contribution is 5.94. The molecule has 4 saturated heterocycles. The van der Waals surface area contributed by atoms with Crippen LogP contribution in [0.15, 0.2) is 24.3 Å². The molecule has 1 spiro atoms. The second-order valence-electron chi connectivity index (χ2n) is 14.4. The van der Waals surface area contributed by atoms with Gasteiger partial charge in [-0.2, -0.15) is 0 Å². The van der Waals surface area contributed by atoms with Crippen LogP contribution in [0.4, 0.5) is 0 Å². The first-order valence-electron chi connectivity index (χ1n) is 14.7. The molecule has 0 aliphatic carbocycles. The molecule has 0 radical (unpaired) electrons. The SMILES string of the molecule is CC(C)(C)N1CCC(Oc2ccc(C(=O)N3CCC(CN4CC5(C4)CN(C(C)(C)C)C5)CC3)cc2)CC1. The Hall–Kier alpha value is -1.63. The Kier molecular flexibility index (Phi) is 7.40. The number of carbonyl (C=O) groups excluding carboxylic acids is 1. The molecule has 4 fully saturated rings. The molecule has 0 N–H and O–H groups in total. The second kappa shape index (κ2) is 10.2. The number of piperidine rings is 2. The maximum absolute atomic E-state index is 13.1. The summed E-state index contributed by atoms with van der Waals surface area (Å²) in [6.07, 6.45) is 4.62. The minimum absolute atomic E-state index is 0.170. The molecule has 4 aliphatic rings. The van der Waals surface area contributed by atoms with Crippen molar-refractivity contribution in [3.05, 3.63) is 29.8 Å². The van der Waals surface area contributed by atoms with Crippen LogP contribution >= 0.6 is 0 Å². The Morgan fingerprint density at radius 2 is 1.38 bits per heavy atom. The Morgan fingerprint density at radius 1 is 0.811 bits per heavy atom. The van der Waals surface area contributed by atoms with E-state index in [1.165, 1.54) is 32.7 Å². The number of hydrogen-bond acceptors (Lipinski definition) is 5. The van der Waals surface area contributed by atoms with E-state index in [0.717, 1.165) is 69.1 Å². The number of hydrogen-bond donors (Lipinski definition) is 0. The normalized spacial score (nSPS) is 24.6. The van der Waals surface area contributed by atoms with Gasteiger partial charge in [-0.3, -0.25) is 14.6 Å². The third kappa shape index (κ3) is 6.17. The summed E-state index contributed by atoms with van der Waals surface area (Å²) in [5, 5.41) is 0. The Morgan fingerprint density at radius 3 is 1.92 bits per heavy atom. The Bertz CT molecular complexity index is 917. The van der Waals surface area contributed by atoms with Gasteiger partial charge >= 0.3 is 0 Å². The number of carbonyl (C=O) groups is 1. The van der Waals surface area contributed by atoms with Crippen molar-refractivity contribution in [1.29, 1.82) is 0 Å². The van der Waals surface area contributed by atoms with Crippen LogP contribution in [-0.2, 0) is 0 Å². The molecular weight excluding hydrogens is 460 g/mol. The van der Waals surface area contributed by atoms with Crippen molar-refractivity contribution in [3.63, 3.8) is 0 Å². The maximum Gasteiger partial charge on any atom is 0.253 e. The highest BCUT2D eigenvalue weighted by Crippen LogP contribution is 2.43. The van der Waals surface area contributed by atoms with Gasteiger partial charge in [-0.05, 0) is 97.4 Å². The van der Waals surface area contributed by atoms with Gasteiger partial charge in [0.1, 0.15) is 11.9 Å². The summed E-state index contributed by atoms with van der Waals surface area (Å²) >= 11 is 0. The van der Waals surface area contributed by atoms with E-state index in [2.05, 4.69) is 61.1 Å². The number of amides is 1. The lowest BCUT2D eigenvalue weighted by molar-refractivity contribution is -0.148. The van der Waals surface area contributed by atoms with Gasteiger partial charge in [0.2, 0.25) is 0 Å². The van der Waals surface area contributed by atoms with E-state index >= 15 is 0 Å². The molecular formula is C31H50N4O2. The first kappa shape index (κ1) is 27.0. The molecule has 0 bridgehead atoms. The predicted octanol–water partition coefficient (Wildman–Crippen LogP) is 4.60. The van der Waals surface area contributed by atoms with Crippen molar-refractivity contribution in [1.82, 2.24) is 19.6 Å². The van der Waals surface area contributed by atoms with Crippen LogP contribution < -0.4 is 4.74 Å². The molecule has 5 rings (SSSR count). The minimum atomic E-state index is 0.170. The van der Waals surface area contributed by atoms with E-state index in [9.17, 15) is 4.79 Å². The van der Waals surface area contributed by atoms with Gasteiger partial charge in [0.15, 0.2) is 0 Å². The van der Waals surface area contributed by atoms with Crippen LogP contribution in [0.1, 0.15) is 77.6 Å². The Labute approximate surface area is 225 Å². The van der Waals surface area contributed by atoms with Crippen LogP contribution in [0.2, 0.25) is 0 Å². The summed E-state index contributed by atoms with van der Waals surface area (Å²) in [5.41, 5.74) is 1.89. The molecule has 37 heavy (non-hydrogen) atoms. The fourth-order valence-electron chi connectivity index (χ4n) is 6.85. The molecule has 206 valence electrons. The van der Waals surface area contributed by atoms with E-state index in [0.29, 0.717) is 11.0 Å². The average molecular weight is 511 g/mol. The van der Waals surface area contributed by atoms with E-state index in [1.54, 1.807) is 0 Å². The number of ether oxygens (including phenoxy) is 1. The smallest absolute Gasteiger partial charge is 0.253 e. The lowest BCUT2D eigenvalue weighted by atomic mass is 9.70. The summed E-state index contributed by atoms with van der Waals surface area (Å²) in [5.74, 6) is 1.78. The highest BCUT2D eigenvalue weighted by Gasteiger charge is 2.53. The molecule has 0 aromatic heterocycles. The first-order chi connectivity index (χ1) is 17.4. The van der Waals surface area contributed by atoms with Crippen LogP contribution in [0.3, 0.4) is 0 Å². The number of benzene rings is 1. The van der Waals surface area contributed by atoms with Gasteiger partial charge in [-0.1, -0.05) is 0 Å². The molecule has 6 nitrogen and oxygen atoms in total. The average Bonchev–Trinajstić information content (AvgIpc) is 2.79. The monoisotopic (exact) mass is 510 g/mol. The number of likely N-dealkylation sites (tertiary alicyclic amines) is 4. The fourth-order valence-corrected chi connectivity index (χ4v) is 6.85. The van der Waals surface area contributed by atoms with Crippen molar-refractivity contribution in [2.24, 2.45) is 11.3 Å². The third-order valence-electron chi connectivity index (χ3n) is 9.33. The largest absolute Gasteiger partial charge is 0.490 e. The standard InChI is InChI=1S/C31H50N4O2/c1-29(2,3)34-17-13-27(14-18-34)37-26-9-7-25(8-10-26)28(36)33-15-11-24(12-16-33)19-32-20-31(21-32)22-35(23-31)30(4,5)6/h7-10,24,27H,11-23H2,1-6H3. The molecule has 4 aliphatic heterocycles. The molecule has 1 aromatic carbocycles. The van der Waals surface area contributed by atoms with Crippen molar-refractivity contribution in [2.75, 3.05) is 58.9 Å². The Balaban J connectivity index is 1.01. The third-order valence-corrected chi connectivity index (χ3v) is 9.33. The van der Waals surface area contributed by atoms with Crippen LogP contribution in [0.5, 0.6) is 5.75 Å². The van der Waals surface area contributed by atoms with E-state index in [1.807, 2.05) is 24.3 Å². The van der Waals surface area contributed by atoms with E-state index in [-0.39, 0.29) is 17.6 Å². The number of rotatable bonds is 5. The summed E-state index contributed by atoms with van der Waals surface area (Å²) in [4.78, 5) is 23.0. The second-order valence-corrected chi connectivity index (χ2v) is 14.4. The summed E-state index contributed by atoms with van der Waals surface area (Å²) in [7, 11) is 0. The zero-order chi connectivity index (χ0) is 26.4. The zero-order valence-electron chi connectivity index (χ0n) is 24.3. The van der Waals surface area contributed by atoms with Crippen LogP contribution in [0.25, 0.3) is 0 Å². The first-order valence-corrected chi connectivity index (χ1v) is 14.7. The van der Waals surface area contributed by atoms with E-state index < -0.39 is 0 Å². The molecule has 1 amide bonds. The summed E-state index contributed by atoms with van der Waals surface area (Å²) < 4.78 is 6.25.